The van der Waals surface area contributed by atoms with E-state index in [1.165, 1.54) is 0 Å². The fourth-order valence-electron chi connectivity index (χ4n) is 2.19. The van der Waals surface area contributed by atoms with E-state index in [1.807, 2.05) is 12.1 Å². The number of ether oxygens (including phenoxy) is 2. The summed E-state index contributed by atoms with van der Waals surface area (Å²) in [5, 5.41) is 0.843. The number of rotatable bonds is 5. The molecule has 0 unspecified atom stereocenters. The standard InChI is InChI=1S/C17H17Cl2NO3/c1-20(17(21)13-9-12(18)5-6-14(13)19)10-11-4-7-15(22-2)16(8-11)23-3/h4-9H,10H2,1-3H3. The Bertz CT molecular complexity index is 719. The Labute approximate surface area is 145 Å². The van der Waals surface area contributed by atoms with Crippen LogP contribution < -0.4 is 9.47 Å². The molecule has 0 fully saturated rings. The topological polar surface area (TPSA) is 38.8 Å². The molecule has 0 aliphatic heterocycles. The van der Waals surface area contributed by atoms with Gasteiger partial charge in [-0.15, -0.1) is 0 Å². The van der Waals surface area contributed by atoms with E-state index in [1.54, 1.807) is 50.4 Å². The van der Waals surface area contributed by atoms with Crippen molar-refractivity contribution in [2.24, 2.45) is 0 Å². The summed E-state index contributed by atoms with van der Waals surface area (Å²) in [6, 6.07) is 10.3. The molecule has 1 amide bonds. The smallest absolute Gasteiger partial charge is 0.255 e. The zero-order chi connectivity index (χ0) is 17.0. The van der Waals surface area contributed by atoms with Gasteiger partial charge in [-0.1, -0.05) is 29.3 Å². The van der Waals surface area contributed by atoms with Crippen LogP contribution in [-0.2, 0) is 6.54 Å². The summed E-state index contributed by atoms with van der Waals surface area (Å²) in [7, 11) is 4.85. The Kier molecular flexibility index (Phi) is 5.74. The van der Waals surface area contributed by atoms with Gasteiger partial charge in [0.1, 0.15) is 0 Å². The first-order valence-electron chi connectivity index (χ1n) is 6.87. The lowest BCUT2D eigenvalue weighted by molar-refractivity contribution is 0.0785. The average molecular weight is 354 g/mol. The van der Waals surface area contributed by atoms with Crippen LogP contribution in [0.4, 0.5) is 0 Å². The number of halogens is 2. The number of hydrogen-bond acceptors (Lipinski definition) is 3. The Morgan fingerprint density at radius 1 is 1.04 bits per heavy atom. The second-order valence-electron chi connectivity index (χ2n) is 4.97. The summed E-state index contributed by atoms with van der Waals surface area (Å²) >= 11 is 12.0. The van der Waals surface area contributed by atoms with E-state index in [0.717, 1.165) is 5.56 Å². The van der Waals surface area contributed by atoms with Gasteiger partial charge in [0.15, 0.2) is 11.5 Å². The zero-order valence-electron chi connectivity index (χ0n) is 13.1. The van der Waals surface area contributed by atoms with Crippen LogP contribution in [0.1, 0.15) is 15.9 Å². The maximum Gasteiger partial charge on any atom is 0.255 e. The van der Waals surface area contributed by atoms with Crippen LogP contribution in [0.5, 0.6) is 11.5 Å². The third-order valence-electron chi connectivity index (χ3n) is 3.37. The molecule has 23 heavy (non-hydrogen) atoms. The first-order valence-corrected chi connectivity index (χ1v) is 7.63. The second-order valence-corrected chi connectivity index (χ2v) is 5.82. The van der Waals surface area contributed by atoms with Crippen molar-refractivity contribution in [3.63, 3.8) is 0 Å². The van der Waals surface area contributed by atoms with Crippen LogP contribution in [0.15, 0.2) is 36.4 Å². The van der Waals surface area contributed by atoms with Crippen LogP contribution >= 0.6 is 23.2 Å². The van der Waals surface area contributed by atoms with Crippen molar-refractivity contribution in [1.82, 2.24) is 4.90 Å². The summed E-state index contributed by atoms with van der Waals surface area (Å²) in [6.07, 6.45) is 0. The van der Waals surface area contributed by atoms with Crippen LogP contribution in [0, 0.1) is 0 Å². The highest BCUT2D eigenvalue weighted by Crippen LogP contribution is 2.28. The average Bonchev–Trinajstić information content (AvgIpc) is 2.56. The molecule has 6 heteroatoms. The third-order valence-corrected chi connectivity index (χ3v) is 3.94. The lowest BCUT2D eigenvalue weighted by atomic mass is 10.1. The van der Waals surface area contributed by atoms with Gasteiger partial charge in [0.25, 0.3) is 5.91 Å². The lowest BCUT2D eigenvalue weighted by Crippen LogP contribution is -2.26. The Morgan fingerprint density at radius 3 is 2.39 bits per heavy atom. The summed E-state index contributed by atoms with van der Waals surface area (Å²) in [5.41, 5.74) is 1.29. The Balaban J connectivity index is 2.19. The Hall–Kier alpha value is -1.91. The highest BCUT2D eigenvalue weighted by atomic mass is 35.5. The number of amides is 1. The summed E-state index contributed by atoms with van der Waals surface area (Å²) in [6.45, 7) is 0.405. The van der Waals surface area contributed by atoms with Gasteiger partial charge >= 0.3 is 0 Å². The SMILES string of the molecule is COc1ccc(CN(C)C(=O)c2cc(Cl)ccc2Cl)cc1OC. The number of nitrogens with zero attached hydrogens (tertiary/aromatic N) is 1. The number of carbonyl (C=O) groups excluding carboxylic acids is 1. The van der Waals surface area contributed by atoms with Crippen molar-refractivity contribution in [2.75, 3.05) is 21.3 Å². The molecular weight excluding hydrogens is 337 g/mol. The number of carbonyl (C=O) groups is 1. The molecule has 2 aromatic rings. The van der Waals surface area contributed by atoms with E-state index in [4.69, 9.17) is 32.7 Å². The number of methoxy groups -OCH3 is 2. The molecule has 2 rings (SSSR count). The minimum absolute atomic E-state index is 0.202. The predicted octanol–water partition coefficient (Wildman–Crippen LogP) is 4.28. The molecule has 0 bridgehead atoms. The molecule has 122 valence electrons. The Morgan fingerprint density at radius 2 is 1.74 bits per heavy atom. The molecule has 0 saturated heterocycles. The van der Waals surface area contributed by atoms with Gasteiger partial charge in [0.2, 0.25) is 0 Å². The van der Waals surface area contributed by atoms with E-state index in [-0.39, 0.29) is 5.91 Å². The van der Waals surface area contributed by atoms with Gasteiger partial charge in [0.05, 0.1) is 24.8 Å². The van der Waals surface area contributed by atoms with E-state index in [2.05, 4.69) is 0 Å². The van der Waals surface area contributed by atoms with Gasteiger partial charge < -0.3 is 14.4 Å². The molecule has 0 radical (unpaired) electrons. The molecule has 0 aliphatic carbocycles. The van der Waals surface area contributed by atoms with Crippen molar-refractivity contribution in [3.8, 4) is 11.5 Å². The molecule has 0 saturated carbocycles. The largest absolute Gasteiger partial charge is 0.493 e. The van der Waals surface area contributed by atoms with E-state index in [9.17, 15) is 4.79 Å². The highest BCUT2D eigenvalue weighted by Gasteiger charge is 2.16. The van der Waals surface area contributed by atoms with Crippen molar-refractivity contribution >= 4 is 29.1 Å². The van der Waals surface area contributed by atoms with Crippen molar-refractivity contribution in [3.05, 3.63) is 57.6 Å². The first-order chi connectivity index (χ1) is 11.0. The van der Waals surface area contributed by atoms with Crippen LogP contribution in [-0.4, -0.2) is 32.1 Å². The summed E-state index contributed by atoms with van der Waals surface area (Å²) in [4.78, 5) is 14.1. The fourth-order valence-corrected chi connectivity index (χ4v) is 2.56. The molecule has 0 spiro atoms. The molecule has 0 heterocycles. The molecule has 4 nitrogen and oxygen atoms in total. The number of benzene rings is 2. The normalized spacial score (nSPS) is 10.3. The number of hydrogen-bond donors (Lipinski definition) is 0. The van der Waals surface area contributed by atoms with E-state index >= 15 is 0 Å². The van der Waals surface area contributed by atoms with E-state index < -0.39 is 0 Å². The predicted molar refractivity (Wildman–Crippen MR) is 91.8 cm³/mol. The van der Waals surface area contributed by atoms with E-state index in [0.29, 0.717) is 33.7 Å². The second kappa shape index (κ2) is 7.57. The fraction of sp³-hybridized carbons (Fsp3) is 0.235. The molecule has 0 atom stereocenters. The quantitative estimate of drug-likeness (QED) is 0.804. The molecule has 0 aliphatic rings. The monoisotopic (exact) mass is 353 g/mol. The van der Waals surface area contributed by atoms with Crippen LogP contribution in [0.3, 0.4) is 0 Å². The maximum absolute atomic E-state index is 12.5. The molecule has 2 aromatic carbocycles. The molecule has 0 N–H and O–H groups in total. The highest BCUT2D eigenvalue weighted by molar-refractivity contribution is 6.35. The third kappa shape index (κ3) is 4.09. The van der Waals surface area contributed by atoms with Crippen LogP contribution in [0.25, 0.3) is 0 Å². The molecular formula is C17H17Cl2NO3. The first kappa shape index (κ1) is 17.4. The van der Waals surface area contributed by atoms with Gasteiger partial charge in [0, 0.05) is 18.6 Å². The van der Waals surface area contributed by atoms with Gasteiger partial charge in [-0.2, -0.15) is 0 Å². The summed E-state index contributed by atoms with van der Waals surface area (Å²) < 4.78 is 10.5. The molecule has 0 aromatic heterocycles. The van der Waals surface area contributed by atoms with Crippen molar-refractivity contribution in [1.29, 1.82) is 0 Å². The minimum Gasteiger partial charge on any atom is -0.493 e. The van der Waals surface area contributed by atoms with Crippen molar-refractivity contribution < 1.29 is 14.3 Å². The van der Waals surface area contributed by atoms with Gasteiger partial charge in [-0.3, -0.25) is 4.79 Å². The van der Waals surface area contributed by atoms with Gasteiger partial charge in [-0.25, -0.2) is 0 Å². The maximum atomic E-state index is 12.5. The van der Waals surface area contributed by atoms with Gasteiger partial charge in [-0.05, 0) is 35.9 Å². The van der Waals surface area contributed by atoms with Crippen LogP contribution in [0.2, 0.25) is 10.0 Å². The van der Waals surface area contributed by atoms with Crippen molar-refractivity contribution in [2.45, 2.75) is 6.54 Å². The lowest BCUT2D eigenvalue weighted by Gasteiger charge is -2.19. The summed E-state index contributed by atoms with van der Waals surface area (Å²) in [5.74, 6) is 1.06. The minimum atomic E-state index is -0.202. The zero-order valence-corrected chi connectivity index (χ0v) is 14.6.